The van der Waals surface area contributed by atoms with Crippen molar-refractivity contribution in [3.8, 4) is 17.2 Å². The summed E-state index contributed by atoms with van der Waals surface area (Å²) in [6.07, 6.45) is 0. The second kappa shape index (κ2) is 7.78. The average molecular weight is 352 g/mol. The van der Waals surface area contributed by atoms with E-state index in [0.717, 1.165) is 15.9 Å². The molecule has 0 fully saturated rings. The summed E-state index contributed by atoms with van der Waals surface area (Å²) in [4.78, 5) is 0. The van der Waals surface area contributed by atoms with Crippen LogP contribution in [0.5, 0.6) is 17.2 Å². The molecule has 21 heavy (non-hydrogen) atoms. The summed E-state index contributed by atoms with van der Waals surface area (Å²) in [6.45, 7) is 1.28. The molecule has 0 amide bonds. The van der Waals surface area contributed by atoms with Crippen molar-refractivity contribution < 1.29 is 14.2 Å². The molecule has 0 radical (unpaired) electrons. The topological polar surface area (TPSA) is 39.7 Å². The third-order valence-electron chi connectivity index (χ3n) is 2.90. The van der Waals surface area contributed by atoms with Gasteiger partial charge in [-0.3, -0.25) is 0 Å². The molecule has 2 aromatic carbocycles. The molecule has 112 valence electrons. The molecule has 0 aliphatic carbocycles. The summed E-state index contributed by atoms with van der Waals surface area (Å²) >= 11 is 3.39. The number of methoxy groups -OCH3 is 2. The molecule has 0 saturated heterocycles. The van der Waals surface area contributed by atoms with Crippen molar-refractivity contribution in [2.24, 2.45) is 0 Å². The Bertz CT molecular complexity index is 572. The number of ether oxygens (including phenoxy) is 3. The van der Waals surface area contributed by atoms with E-state index in [4.69, 9.17) is 14.2 Å². The van der Waals surface area contributed by atoms with E-state index >= 15 is 0 Å². The van der Waals surface area contributed by atoms with Gasteiger partial charge in [-0.2, -0.15) is 0 Å². The fourth-order valence-corrected chi connectivity index (χ4v) is 2.11. The van der Waals surface area contributed by atoms with Crippen molar-refractivity contribution in [2.75, 3.05) is 32.7 Å². The lowest BCUT2D eigenvalue weighted by atomic mass is 10.2. The van der Waals surface area contributed by atoms with Crippen LogP contribution in [0.3, 0.4) is 0 Å². The van der Waals surface area contributed by atoms with Crippen LogP contribution in [-0.2, 0) is 0 Å². The fraction of sp³-hybridized carbons (Fsp3) is 0.250. The predicted molar refractivity (Wildman–Crippen MR) is 87.7 cm³/mol. The molecule has 0 aliphatic rings. The van der Waals surface area contributed by atoms with Crippen LogP contribution in [0.4, 0.5) is 5.69 Å². The van der Waals surface area contributed by atoms with Crippen molar-refractivity contribution in [3.63, 3.8) is 0 Å². The summed E-state index contributed by atoms with van der Waals surface area (Å²) in [5.41, 5.74) is 0.965. The highest BCUT2D eigenvalue weighted by atomic mass is 79.9. The van der Waals surface area contributed by atoms with Gasteiger partial charge in [0.05, 0.1) is 14.2 Å². The lowest BCUT2D eigenvalue weighted by Crippen LogP contribution is -2.11. The van der Waals surface area contributed by atoms with E-state index in [9.17, 15) is 0 Å². The summed E-state index contributed by atoms with van der Waals surface area (Å²) in [5, 5.41) is 3.28. The molecule has 0 atom stereocenters. The van der Waals surface area contributed by atoms with Crippen LogP contribution in [-0.4, -0.2) is 27.4 Å². The molecule has 0 aromatic heterocycles. The van der Waals surface area contributed by atoms with E-state index < -0.39 is 0 Å². The molecule has 0 bridgehead atoms. The van der Waals surface area contributed by atoms with Crippen molar-refractivity contribution in [1.29, 1.82) is 0 Å². The van der Waals surface area contributed by atoms with Gasteiger partial charge in [-0.15, -0.1) is 0 Å². The standard InChI is InChI=1S/C16H18BrNO3/c1-19-15-8-5-13(11-16(15)20-2)18-9-10-21-14-6-3-12(17)4-7-14/h3-8,11,18H,9-10H2,1-2H3. The Morgan fingerprint density at radius 3 is 2.33 bits per heavy atom. The van der Waals surface area contributed by atoms with Crippen molar-refractivity contribution in [1.82, 2.24) is 0 Å². The van der Waals surface area contributed by atoms with E-state index in [1.807, 2.05) is 42.5 Å². The van der Waals surface area contributed by atoms with Gasteiger partial charge in [-0.25, -0.2) is 0 Å². The maximum atomic E-state index is 5.64. The van der Waals surface area contributed by atoms with Gasteiger partial charge in [0.1, 0.15) is 12.4 Å². The van der Waals surface area contributed by atoms with E-state index in [2.05, 4.69) is 21.2 Å². The Kier molecular flexibility index (Phi) is 5.75. The number of hydrogen-bond donors (Lipinski definition) is 1. The van der Waals surface area contributed by atoms with Gasteiger partial charge >= 0.3 is 0 Å². The largest absolute Gasteiger partial charge is 0.493 e. The number of hydrogen-bond acceptors (Lipinski definition) is 4. The van der Waals surface area contributed by atoms with Crippen LogP contribution in [0.25, 0.3) is 0 Å². The molecule has 0 spiro atoms. The molecule has 2 rings (SSSR count). The van der Waals surface area contributed by atoms with E-state index in [-0.39, 0.29) is 0 Å². The summed E-state index contributed by atoms with van der Waals surface area (Å²) < 4.78 is 17.2. The maximum absolute atomic E-state index is 5.64. The van der Waals surface area contributed by atoms with Gasteiger partial charge < -0.3 is 19.5 Å². The number of halogens is 1. The minimum Gasteiger partial charge on any atom is -0.493 e. The Morgan fingerprint density at radius 2 is 1.67 bits per heavy atom. The van der Waals surface area contributed by atoms with Gasteiger partial charge in [0, 0.05) is 22.8 Å². The predicted octanol–water partition coefficient (Wildman–Crippen LogP) is 3.96. The highest BCUT2D eigenvalue weighted by molar-refractivity contribution is 9.10. The summed E-state index contributed by atoms with van der Waals surface area (Å²) in [7, 11) is 3.25. The third-order valence-corrected chi connectivity index (χ3v) is 3.43. The molecule has 0 unspecified atom stereocenters. The zero-order chi connectivity index (χ0) is 15.1. The molecule has 0 aliphatic heterocycles. The molecule has 2 aromatic rings. The van der Waals surface area contributed by atoms with Crippen molar-refractivity contribution in [3.05, 3.63) is 46.9 Å². The van der Waals surface area contributed by atoms with Crippen LogP contribution in [0, 0.1) is 0 Å². The van der Waals surface area contributed by atoms with E-state index in [1.54, 1.807) is 14.2 Å². The van der Waals surface area contributed by atoms with Crippen LogP contribution in [0.1, 0.15) is 0 Å². The number of anilines is 1. The Hall–Kier alpha value is -1.88. The minimum absolute atomic E-state index is 0.579. The molecular weight excluding hydrogens is 334 g/mol. The van der Waals surface area contributed by atoms with E-state index in [0.29, 0.717) is 24.7 Å². The molecule has 4 nitrogen and oxygen atoms in total. The number of nitrogens with one attached hydrogen (secondary N) is 1. The first-order valence-corrected chi connectivity index (χ1v) is 7.36. The minimum atomic E-state index is 0.579. The first kappa shape index (κ1) is 15.5. The highest BCUT2D eigenvalue weighted by Crippen LogP contribution is 2.29. The van der Waals surface area contributed by atoms with Crippen molar-refractivity contribution in [2.45, 2.75) is 0 Å². The smallest absolute Gasteiger partial charge is 0.162 e. The summed E-state index contributed by atoms with van der Waals surface area (Å²) in [5.74, 6) is 2.28. The maximum Gasteiger partial charge on any atom is 0.162 e. The Labute approximate surface area is 133 Å². The zero-order valence-corrected chi connectivity index (χ0v) is 13.6. The summed E-state index contributed by atoms with van der Waals surface area (Å²) in [6, 6.07) is 13.5. The molecular formula is C16H18BrNO3. The van der Waals surface area contributed by atoms with Crippen LogP contribution < -0.4 is 19.5 Å². The zero-order valence-electron chi connectivity index (χ0n) is 12.1. The second-order valence-electron chi connectivity index (χ2n) is 4.30. The van der Waals surface area contributed by atoms with E-state index in [1.165, 1.54) is 0 Å². The van der Waals surface area contributed by atoms with Gasteiger partial charge in [-0.1, -0.05) is 15.9 Å². The molecule has 1 N–H and O–H groups in total. The highest BCUT2D eigenvalue weighted by Gasteiger charge is 2.04. The Balaban J connectivity index is 1.82. The average Bonchev–Trinajstić information content (AvgIpc) is 2.53. The molecule has 0 heterocycles. The first-order valence-electron chi connectivity index (χ1n) is 6.57. The second-order valence-corrected chi connectivity index (χ2v) is 5.21. The monoisotopic (exact) mass is 351 g/mol. The lowest BCUT2D eigenvalue weighted by molar-refractivity contribution is 0.332. The quantitative estimate of drug-likeness (QED) is 0.766. The number of rotatable bonds is 7. The van der Waals surface area contributed by atoms with Crippen LogP contribution in [0.2, 0.25) is 0 Å². The Morgan fingerprint density at radius 1 is 0.952 bits per heavy atom. The first-order chi connectivity index (χ1) is 10.2. The SMILES string of the molecule is COc1ccc(NCCOc2ccc(Br)cc2)cc1OC. The molecule has 0 saturated carbocycles. The van der Waals surface area contributed by atoms with Gasteiger partial charge in [0.25, 0.3) is 0 Å². The van der Waals surface area contributed by atoms with Gasteiger partial charge in [-0.05, 0) is 36.4 Å². The fourth-order valence-electron chi connectivity index (χ4n) is 1.84. The van der Waals surface area contributed by atoms with Crippen LogP contribution >= 0.6 is 15.9 Å². The molecule has 5 heteroatoms. The lowest BCUT2D eigenvalue weighted by Gasteiger charge is -2.12. The normalized spacial score (nSPS) is 10.0. The van der Waals surface area contributed by atoms with Crippen LogP contribution in [0.15, 0.2) is 46.9 Å². The van der Waals surface area contributed by atoms with Gasteiger partial charge in [0.2, 0.25) is 0 Å². The van der Waals surface area contributed by atoms with Gasteiger partial charge in [0.15, 0.2) is 11.5 Å². The van der Waals surface area contributed by atoms with Crippen molar-refractivity contribution >= 4 is 21.6 Å². The number of benzene rings is 2. The third kappa shape index (κ3) is 4.56.